The van der Waals surface area contributed by atoms with Gasteiger partial charge in [0.05, 0.1) is 23.6 Å². The third kappa shape index (κ3) is 4.66. The van der Waals surface area contributed by atoms with Crippen molar-refractivity contribution in [1.29, 1.82) is 0 Å². The van der Waals surface area contributed by atoms with E-state index in [0.29, 0.717) is 49.9 Å². The first-order chi connectivity index (χ1) is 17.0. The van der Waals surface area contributed by atoms with E-state index in [1.165, 1.54) is 0 Å². The van der Waals surface area contributed by atoms with Crippen molar-refractivity contribution < 1.29 is 14.4 Å². The number of hydrazine groups is 1. The predicted octanol–water partition coefficient (Wildman–Crippen LogP) is 2.11. The first-order valence-electron chi connectivity index (χ1n) is 12.2. The molecule has 3 aliphatic rings. The van der Waals surface area contributed by atoms with Gasteiger partial charge in [0.15, 0.2) is 0 Å². The number of nitrogens with zero attached hydrogens (tertiary/aromatic N) is 4. The van der Waals surface area contributed by atoms with Crippen LogP contribution in [0, 0.1) is 11.8 Å². The predicted molar refractivity (Wildman–Crippen MR) is 134 cm³/mol. The maximum absolute atomic E-state index is 13.7. The quantitative estimate of drug-likeness (QED) is 0.703. The number of carbonyl (C=O) groups excluding carboxylic acids is 3. The number of likely N-dealkylation sites (tertiary alicyclic amines) is 1. The van der Waals surface area contributed by atoms with Gasteiger partial charge in [-0.25, -0.2) is 10.4 Å². The maximum atomic E-state index is 13.7. The number of piperazine rings is 1. The van der Waals surface area contributed by atoms with Gasteiger partial charge in [-0.2, -0.15) is 0 Å². The van der Waals surface area contributed by atoms with Gasteiger partial charge in [0.25, 0.3) is 5.91 Å². The molecule has 0 spiro atoms. The Labute approximate surface area is 210 Å². The second-order valence-corrected chi connectivity index (χ2v) is 9.79. The molecular weight excluding hydrogens is 466 g/mol. The Morgan fingerprint density at radius 3 is 2.26 bits per heavy atom. The van der Waals surface area contributed by atoms with E-state index in [0.717, 1.165) is 12.2 Å². The number of para-hydroxylation sites is 1. The normalized spacial score (nSPS) is 25.0. The minimum absolute atomic E-state index is 0.00975. The summed E-state index contributed by atoms with van der Waals surface area (Å²) >= 11 is 5.94. The Morgan fingerprint density at radius 2 is 1.60 bits per heavy atom. The van der Waals surface area contributed by atoms with Gasteiger partial charge in [-0.15, -0.1) is 0 Å². The van der Waals surface area contributed by atoms with Crippen LogP contribution in [0.4, 0.5) is 5.69 Å². The first kappa shape index (κ1) is 23.8. The van der Waals surface area contributed by atoms with E-state index in [-0.39, 0.29) is 35.6 Å². The van der Waals surface area contributed by atoms with Crippen molar-refractivity contribution >= 4 is 35.0 Å². The Bertz CT molecular complexity index is 1090. The molecule has 3 atom stereocenters. The average Bonchev–Trinajstić information content (AvgIpc) is 3.24. The van der Waals surface area contributed by atoms with Crippen molar-refractivity contribution in [3.63, 3.8) is 0 Å². The highest BCUT2D eigenvalue weighted by atomic mass is 35.5. The number of fused-ring (bicyclic) bond motifs is 1. The lowest BCUT2D eigenvalue weighted by Crippen LogP contribution is -2.60. The molecule has 0 aromatic heterocycles. The number of hydrogen-bond acceptors (Lipinski definition) is 5. The zero-order chi connectivity index (χ0) is 24.5. The fourth-order valence-electron chi connectivity index (χ4n) is 5.34. The van der Waals surface area contributed by atoms with Crippen molar-refractivity contribution in [3.8, 4) is 0 Å². The summed E-state index contributed by atoms with van der Waals surface area (Å²) in [5, 5.41) is 2.20. The number of anilines is 1. The number of benzene rings is 2. The van der Waals surface area contributed by atoms with E-state index < -0.39 is 0 Å². The van der Waals surface area contributed by atoms with Gasteiger partial charge in [-0.3, -0.25) is 14.4 Å². The summed E-state index contributed by atoms with van der Waals surface area (Å²) in [7, 11) is 0. The van der Waals surface area contributed by atoms with Crippen molar-refractivity contribution in [2.24, 2.45) is 11.8 Å². The standard InChI is InChI=1S/C26H30ClN5O3/c1-2-29-16-21(23-22(17-29)26(35)32(28-23)20-6-4-3-5-7-20)25(34)31-14-12-30(13-15-31)24(33)18-8-10-19(27)11-9-18/h3-11,21-23,28H,2,12-17H2,1H3. The SMILES string of the molecule is CCN1CC(C(=O)N2CCN(C(=O)c3ccc(Cl)cc3)CC2)C2NN(c3ccccc3)C(=O)C2C1. The Hall–Kier alpha value is -2.94. The van der Waals surface area contributed by atoms with Crippen molar-refractivity contribution in [3.05, 3.63) is 65.2 Å². The molecule has 3 unspecified atom stereocenters. The topological polar surface area (TPSA) is 76.2 Å². The van der Waals surface area contributed by atoms with Crippen LogP contribution in [0.5, 0.6) is 0 Å². The Kier molecular flexibility index (Phi) is 6.77. The molecule has 3 amide bonds. The van der Waals surface area contributed by atoms with E-state index in [1.807, 2.05) is 35.2 Å². The van der Waals surface area contributed by atoms with Crippen molar-refractivity contribution in [2.75, 3.05) is 50.8 Å². The molecule has 0 saturated carbocycles. The fraction of sp³-hybridized carbons (Fsp3) is 0.423. The van der Waals surface area contributed by atoms with Gasteiger partial charge < -0.3 is 14.7 Å². The summed E-state index contributed by atoms with van der Waals surface area (Å²) in [6, 6.07) is 16.1. The van der Waals surface area contributed by atoms with E-state index in [2.05, 4.69) is 17.2 Å². The number of rotatable bonds is 4. The number of amides is 3. The van der Waals surface area contributed by atoms with Crippen molar-refractivity contribution in [2.45, 2.75) is 13.0 Å². The van der Waals surface area contributed by atoms with E-state index in [4.69, 9.17) is 11.6 Å². The smallest absolute Gasteiger partial charge is 0.253 e. The summed E-state index contributed by atoms with van der Waals surface area (Å²) in [6.45, 7) is 6.03. The highest BCUT2D eigenvalue weighted by Gasteiger charge is 2.51. The number of piperidine rings is 1. The van der Waals surface area contributed by atoms with Gasteiger partial charge >= 0.3 is 0 Å². The molecule has 9 heteroatoms. The van der Waals surface area contributed by atoms with Crippen LogP contribution in [-0.4, -0.2) is 84.3 Å². The van der Waals surface area contributed by atoms with Crippen LogP contribution in [0.1, 0.15) is 17.3 Å². The van der Waals surface area contributed by atoms with Gasteiger partial charge in [-0.05, 0) is 42.9 Å². The van der Waals surface area contributed by atoms with Crippen LogP contribution in [-0.2, 0) is 9.59 Å². The van der Waals surface area contributed by atoms with Gasteiger partial charge in [0.1, 0.15) is 0 Å². The summed E-state index contributed by atoms with van der Waals surface area (Å²) in [6.07, 6.45) is 0. The maximum Gasteiger partial charge on any atom is 0.253 e. The molecule has 3 fully saturated rings. The molecule has 0 radical (unpaired) electrons. The van der Waals surface area contributed by atoms with E-state index in [9.17, 15) is 14.4 Å². The first-order valence-corrected chi connectivity index (χ1v) is 12.5. The minimum Gasteiger partial charge on any atom is -0.339 e. The lowest BCUT2D eigenvalue weighted by atomic mass is 9.83. The largest absolute Gasteiger partial charge is 0.339 e. The lowest BCUT2D eigenvalue weighted by Gasteiger charge is -2.42. The minimum atomic E-state index is -0.329. The Balaban J connectivity index is 1.27. The summed E-state index contributed by atoms with van der Waals surface area (Å²) in [5.41, 5.74) is 4.74. The van der Waals surface area contributed by atoms with Crippen LogP contribution >= 0.6 is 11.6 Å². The molecule has 0 bridgehead atoms. The molecule has 3 heterocycles. The molecule has 3 aliphatic heterocycles. The number of hydrogen-bond donors (Lipinski definition) is 1. The zero-order valence-corrected chi connectivity index (χ0v) is 20.5. The number of carbonyl (C=O) groups is 3. The molecule has 1 N–H and O–H groups in total. The highest BCUT2D eigenvalue weighted by molar-refractivity contribution is 6.30. The average molecular weight is 496 g/mol. The second-order valence-electron chi connectivity index (χ2n) is 9.35. The summed E-state index contributed by atoms with van der Waals surface area (Å²) in [4.78, 5) is 45.7. The third-order valence-corrected chi connectivity index (χ3v) is 7.59. The Morgan fingerprint density at radius 1 is 0.943 bits per heavy atom. The van der Waals surface area contributed by atoms with Crippen LogP contribution in [0.15, 0.2) is 54.6 Å². The molecule has 5 rings (SSSR count). The van der Waals surface area contributed by atoms with Crippen LogP contribution in [0.2, 0.25) is 5.02 Å². The van der Waals surface area contributed by atoms with Crippen LogP contribution in [0.25, 0.3) is 0 Å². The summed E-state index contributed by atoms with van der Waals surface area (Å²) < 4.78 is 0. The van der Waals surface area contributed by atoms with Gasteiger partial charge in [-0.1, -0.05) is 36.7 Å². The zero-order valence-electron chi connectivity index (χ0n) is 19.8. The van der Waals surface area contributed by atoms with Gasteiger partial charge in [0, 0.05) is 49.9 Å². The number of halogens is 1. The summed E-state index contributed by atoms with van der Waals surface area (Å²) in [5.74, 6) is -0.594. The van der Waals surface area contributed by atoms with E-state index >= 15 is 0 Å². The molecule has 2 aromatic carbocycles. The molecule has 3 saturated heterocycles. The molecule has 35 heavy (non-hydrogen) atoms. The highest BCUT2D eigenvalue weighted by Crippen LogP contribution is 2.32. The molecule has 2 aromatic rings. The van der Waals surface area contributed by atoms with Crippen LogP contribution < -0.4 is 10.4 Å². The van der Waals surface area contributed by atoms with Gasteiger partial charge in [0.2, 0.25) is 11.8 Å². The number of nitrogens with one attached hydrogen (secondary N) is 1. The third-order valence-electron chi connectivity index (χ3n) is 7.34. The monoisotopic (exact) mass is 495 g/mol. The van der Waals surface area contributed by atoms with Crippen LogP contribution in [0.3, 0.4) is 0 Å². The molecular formula is C26H30ClN5O3. The molecule has 8 nitrogen and oxygen atoms in total. The van der Waals surface area contributed by atoms with E-state index in [1.54, 1.807) is 34.2 Å². The van der Waals surface area contributed by atoms with Crippen molar-refractivity contribution in [1.82, 2.24) is 20.1 Å². The lowest BCUT2D eigenvalue weighted by molar-refractivity contribution is -0.141. The molecule has 0 aliphatic carbocycles. The molecule has 184 valence electrons. The second kappa shape index (κ2) is 9.97. The fourth-order valence-corrected chi connectivity index (χ4v) is 5.46.